The lowest BCUT2D eigenvalue weighted by atomic mass is 10.2. The zero-order valence-corrected chi connectivity index (χ0v) is 17.9. The van der Waals surface area contributed by atoms with E-state index in [0.29, 0.717) is 6.54 Å². The molecule has 9 nitrogen and oxygen atoms in total. The summed E-state index contributed by atoms with van der Waals surface area (Å²) in [5, 5.41) is 12.2. The van der Waals surface area contributed by atoms with Gasteiger partial charge in [-0.3, -0.25) is 9.88 Å². The molecule has 0 spiro atoms. The first-order valence-electron chi connectivity index (χ1n) is 10.3. The van der Waals surface area contributed by atoms with Gasteiger partial charge in [-0.2, -0.15) is 0 Å². The summed E-state index contributed by atoms with van der Waals surface area (Å²) in [7, 11) is 0. The van der Waals surface area contributed by atoms with Gasteiger partial charge in [0.15, 0.2) is 0 Å². The van der Waals surface area contributed by atoms with Crippen LogP contribution in [0.5, 0.6) is 0 Å². The van der Waals surface area contributed by atoms with Crippen molar-refractivity contribution < 1.29 is 4.74 Å². The summed E-state index contributed by atoms with van der Waals surface area (Å²) in [4.78, 5) is 16.4. The Kier molecular flexibility index (Phi) is 6.01. The molecule has 0 atom stereocenters. The molecule has 0 radical (unpaired) electrons. The highest BCUT2D eigenvalue weighted by atomic mass is 32.1. The first kappa shape index (κ1) is 19.9. The van der Waals surface area contributed by atoms with Crippen LogP contribution in [0.4, 0.5) is 10.9 Å². The summed E-state index contributed by atoms with van der Waals surface area (Å²) in [5.74, 6) is 0.870. The molecule has 0 amide bonds. The molecule has 2 N–H and O–H groups in total. The van der Waals surface area contributed by atoms with E-state index in [1.165, 1.54) is 11.3 Å². The van der Waals surface area contributed by atoms with Gasteiger partial charge in [0.1, 0.15) is 5.82 Å². The molecule has 1 saturated heterocycles. The molecule has 31 heavy (non-hydrogen) atoms. The second-order valence-corrected chi connectivity index (χ2v) is 8.23. The lowest BCUT2D eigenvalue weighted by molar-refractivity contribution is 0.0398. The van der Waals surface area contributed by atoms with Gasteiger partial charge in [0.05, 0.1) is 25.1 Å². The Hall–Kier alpha value is -3.08. The van der Waals surface area contributed by atoms with E-state index in [0.717, 1.165) is 72.1 Å². The predicted octanol–water partition coefficient (Wildman–Crippen LogP) is 2.60. The molecule has 0 aromatic carbocycles. The fourth-order valence-corrected chi connectivity index (χ4v) is 4.23. The Morgan fingerprint density at radius 2 is 1.97 bits per heavy atom. The maximum Gasteiger partial charge on any atom is 0.214 e. The van der Waals surface area contributed by atoms with Crippen LogP contribution in [0.25, 0.3) is 16.2 Å². The zero-order valence-electron chi connectivity index (χ0n) is 17.1. The molecule has 5 heterocycles. The molecular weight excluding hydrogens is 412 g/mol. The predicted molar refractivity (Wildman–Crippen MR) is 121 cm³/mol. The quantitative estimate of drug-likeness (QED) is 0.435. The third-order valence-corrected chi connectivity index (χ3v) is 6.03. The Bertz CT molecular complexity index is 1110. The monoisotopic (exact) mass is 436 g/mol. The van der Waals surface area contributed by atoms with Crippen molar-refractivity contribution in [3.05, 3.63) is 54.6 Å². The number of ether oxygens (including phenoxy) is 1. The van der Waals surface area contributed by atoms with Gasteiger partial charge in [-0.25, -0.2) is 14.5 Å². The number of nitrogens with one attached hydrogen (secondary N) is 2. The standard InChI is InChI=1S/C21H24N8OS/c1-2-16(12-22-5-1)13-25-20-27-29-18(15-26-21(29)31-20)17-3-4-19(24-14-17)23-6-7-28-8-10-30-11-9-28/h1-5,12,14-15H,6-11,13H2,(H,23,24)(H,25,27). The first-order chi connectivity index (χ1) is 15.3. The minimum Gasteiger partial charge on any atom is -0.379 e. The Balaban J connectivity index is 1.21. The van der Waals surface area contributed by atoms with Crippen molar-refractivity contribution in [3.8, 4) is 11.3 Å². The van der Waals surface area contributed by atoms with Crippen LogP contribution in [0, 0.1) is 0 Å². The number of hydrogen-bond acceptors (Lipinski definition) is 9. The maximum atomic E-state index is 5.39. The molecule has 5 rings (SSSR count). The summed E-state index contributed by atoms with van der Waals surface area (Å²) in [6.45, 7) is 6.17. The van der Waals surface area contributed by atoms with Crippen molar-refractivity contribution in [1.82, 2.24) is 29.5 Å². The van der Waals surface area contributed by atoms with E-state index in [4.69, 9.17) is 4.74 Å². The van der Waals surface area contributed by atoms with E-state index in [1.807, 2.05) is 41.3 Å². The zero-order chi connectivity index (χ0) is 20.9. The smallest absolute Gasteiger partial charge is 0.214 e. The number of pyridine rings is 2. The number of rotatable bonds is 8. The van der Waals surface area contributed by atoms with Crippen LogP contribution in [0.15, 0.2) is 49.1 Å². The fourth-order valence-electron chi connectivity index (χ4n) is 3.46. The van der Waals surface area contributed by atoms with Crippen molar-refractivity contribution >= 4 is 27.2 Å². The molecule has 1 aliphatic heterocycles. The van der Waals surface area contributed by atoms with Gasteiger partial charge < -0.3 is 15.4 Å². The van der Waals surface area contributed by atoms with E-state index in [1.54, 1.807) is 6.20 Å². The third-order valence-electron chi connectivity index (χ3n) is 5.15. The van der Waals surface area contributed by atoms with Gasteiger partial charge in [-0.15, -0.1) is 5.10 Å². The van der Waals surface area contributed by atoms with Crippen LogP contribution in [-0.2, 0) is 11.3 Å². The minimum absolute atomic E-state index is 0.673. The summed E-state index contributed by atoms with van der Waals surface area (Å²) in [5.41, 5.74) is 3.01. The second kappa shape index (κ2) is 9.38. The van der Waals surface area contributed by atoms with E-state index >= 15 is 0 Å². The van der Waals surface area contributed by atoms with Crippen molar-refractivity contribution in [2.24, 2.45) is 0 Å². The Morgan fingerprint density at radius 1 is 1.03 bits per heavy atom. The lowest BCUT2D eigenvalue weighted by Crippen LogP contribution is -2.39. The van der Waals surface area contributed by atoms with Crippen LogP contribution in [-0.4, -0.2) is 68.9 Å². The van der Waals surface area contributed by atoms with Crippen molar-refractivity contribution in [2.75, 3.05) is 50.0 Å². The number of anilines is 2. The van der Waals surface area contributed by atoms with Crippen LogP contribution in [0.2, 0.25) is 0 Å². The number of fused-ring (bicyclic) bond motifs is 1. The molecule has 1 fully saturated rings. The van der Waals surface area contributed by atoms with Gasteiger partial charge in [0, 0.05) is 56.9 Å². The average molecular weight is 437 g/mol. The normalized spacial score (nSPS) is 14.7. The SMILES string of the molecule is c1cncc(CNc2nn3c(-c4ccc(NCCN5CCOCC5)nc4)cnc3s2)c1. The molecule has 1 aliphatic rings. The minimum atomic E-state index is 0.673. The topological polar surface area (TPSA) is 92.5 Å². The van der Waals surface area contributed by atoms with Crippen molar-refractivity contribution in [2.45, 2.75) is 6.54 Å². The molecule has 10 heteroatoms. The highest BCUT2D eigenvalue weighted by molar-refractivity contribution is 7.20. The van der Waals surface area contributed by atoms with Gasteiger partial charge in [0.25, 0.3) is 0 Å². The maximum absolute atomic E-state index is 5.39. The fraction of sp³-hybridized carbons (Fsp3) is 0.333. The largest absolute Gasteiger partial charge is 0.379 e. The Morgan fingerprint density at radius 3 is 2.77 bits per heavy atom. The molecule has 0 aliphatic carbocycles. The molecule has 0 bridgehead atoms. The van der Waals surface area contributed by atoms with E-state index in [-0.39, 0.29) is 0 Å². The third kappa shape index (κ3) is 4.82. The summed E-state index contributed by atoms with van der Waals surface area (Å²) in [6.07, 6.45) is 7.32. The van der Waals surface area contributed by atoms with Gasteiger partial charge in [0.2, 0.25) is 10.1 Å². The summed E-state index contributed by atoms with van der Waals surface area (Å²) < 4.78 is 7.25. The summed E-state index contributed by atoms with van der Waals surface area (Å²) >= 11 is 1.52. The second-order valence-electron chi connectivity index (χ2n) is 7.27. The number of morpholine rings is 1. The number of hydrogen-bond donors (Lipinski definition) is 2. The number of nitrogens with zero attached hydrogens (tertiary/aromatic N) is 6. The number of imidazole rings is 1. The highest BCUT2D eigenvalue weighted by Crippen LogP contribution is 2.26. The van der Waals surface area contributed by atoms with Crippen LogP contribution < -0.4 is 10.6 Å². The van der Waals surface area contributed by atoms with E-state index < -0.39 is 0 Å². The van der Waals surface area contributed by atoms with Crippen LogP contribution in [0.1, 0.15) is 5.56 Å². The molecule has 160 valence electrons. The highest BCUT2D eigenvalue weighted by Gasteiger charge is 2.13. The summed E-state index contributed by atoms with van der Waals surface area (Å²) in [6, 6.07) is 8.02. The van der Waals surface area contributed by atoms with Gasteiger partial charge >= 0.3 is 0 Å². The van der Waals surface area contributed by atoms with Crippen molar-refractivity contribution in [1.29, 1.82) is 0 Å². The average Bonchev–Trinajstić information content (AvgIpc) is 3.40. The van der Waals surface area contributed by atoms with Crippen molar-refractivity contribution in [3.63, 3.8) is 0 Å². The molecule has 0 saturated carbocycles. The lowest BCUT2D eigenvalue weighted by Gasteiger charge is -2.26. The van der Waals surface area contributed by atoms with Crippen LogP contribution in [0.3, 0.4) is 0 Å². The molecule has 0 unspecified atom stereocenters. The molecular formula is C21H24N8OS. The molecule has 4 aromatic heterocycles. The van der Waals surface area contributed by atoms with Gasteiger partial charge in [-0.1, -0.05) is 17.4 Å². The van der Waals surface area contributed by atoms with Crippen LogP contribution >= 0.6 is 11.3 Å². The van der Waals surface area contributed by atoms with E-state index in [2.05, 4.69) is 41.7 Å². The Labute approximate surface area is 184 Å². The molecule has 4 aromatic rings. The first-order valence-corrected chi connectivity index (χ1v) is 11.1. The number of aromatic nitrogens is 5. The van der Waals surface area contributed by atoms with E-state index in [9.17, 15) is 0 Å². The van der Waals surface area contributed by atoms with Gasteiger partial charge in [-0.05, 0) is 23.8 Å².